The second kappa shape index (κ2) is 9.10. The number of nitrogens with zero attached hydrogens (tertiary/aromatic N) is 1. The molecule has 0 saturated heterocycles. The van der Waals surface area contributed by atoms with Gasteiger partial charge in [0.25, 0.3) is 5.91 Å². The van der Waals surface area contributed by atoms with Crippen LogP contribution in [0, 0.1) is 6.92 Å². The van der Waals surface area contributed by atoms with E-state index in [2.05, 4.69) is 15.6 Å². The van der Waals surface area contributed by atoms with Crippen molar-refractivity contribution in [1.82, 2.24) is 4.98 Å². The number of carbonyl (C=O) groups is 1. The first-order chi connectivity index (χ1) is 13.9. The molecule has 2 aromatic carbocycles. The van der Waals surface area contributed by atoms with Crippen molar-refractivity contribution in [1.29, 1.82) is 0 Å². The number of rotatable bonds is 7. The molecule has 1 aromatic heterocycles. The minimum absolute atomic E-state index is 0.101. The Kier molecular flexibility index (Phi) is 6.34. The molecule has 0 atom stereocenters. The molecule has 0 aliphatic rings. The maximum Gasteiger partial charge on any atom is 0.257 e. The number of nitrogens with one attached hydrogen (secondary N) is 2. The van der Waals surface area contributed by atoms with Gasteiger partial charge in [0.05, 0.1) is 36.3 Å². The zero-order valence-corrected chi connectivity index (χ0v) is 17.0. The van der Waals surface area contributed by atoms with E-state index >= 15 is 0 Å². The lowest BCUT2D eigenvalue weighted by Crippen LogP contribution is -2.12. The standard InChI is InChI=1S/C23H25N3O3/c1-15(2)29-20-8-6-18(7-9-20)26-23(27)17-12-19(14-24-13-17)25-21-11-16(3)5-10-22(21)28-4/h5-15,25H,1-4H3,(H,26,27). The second-order valence-electron chi connectivity index (χ2n) is 6.94. The second-order valence-corrected chi connectivity index (χ2v) is 6.94. The van der Waals surface area contributed by atoms with Gasteiger partial charge in [0.1, 0.15) is 11.5 Å². The van der Waals surface area contributed by atoms with Crippen molar-refractivity contribution in [2.24, 2.45) is 0 Å². The van der Waals surface area contributed by atoms with E-state index in [9.17, 15) is 4.79 Å². The lowest BCUT2D eigenvalue weighted by molar-refractivity contribution is 0.102. The minimum Gasteiger partial charge on any atom is -0.495 e. The molecule has 150 valence electrons. The van der Waals surface area contributed by atoms with Crippen molar-refractivity contribution in [3.63, 3.8) is 0 Å². The fourth-order valence-electron chi connectivity index (χ4n) is 2.80. The maximum absolute atomic E-state index is 12.6. The summed E-state index contributed by atoms with van der Waals surface area (Å²) >= 11 is 0. The quantitative estimate of drug-likeness (QED) is 0.580. The SMILES string of the molecule is COc1ccc(C)cc1Nc1cncc(C(=O)Nc2ccc(OC(C)C)cc2)c1. The van der Waals surface area contributed by atoms with Gasteiger partial charge in [-0.25, -0.2) is 0 Å². The summed E-state index contributed by atoms with van der Waals surface area (Å²) in [5.41, 5.74) is 3.74. The van der Waals surface area contributed by atoms with Crippen LogP contribution in [0.2, 0.25) is 0 Å². The molecule has 0 spiro atoms. The molecule has 6 nitrogen and oxygen atoms in total. The molecular weight excluding hydrogens is 366 g/mol. The van der Waals surface area contributed by atoms with Crippen molar-refractivity contribution in [3.8, 4) is 11.5 Å². The zero-order valence-electron chi connectivity index (χ0n) is 17.0. The topological polar surface area (TPSA) is 72.5 Å². The molecule has 6 heteroatoms. The highest BCUT2D eigenvalue weighted by Gasteiger charge is 2.10. The van der Waals surface area contributed by atoms with Crippen LogP contribution in [0.3, 0.4) is 0 Å². The molecule has 0 saturated carbocycles. The number of aryl methyl sites for hydroxylation is 1. The predicted molar refractivity (Wildman–Crippen MR) is 115 cm³/mol. The van der Waals surface area contributed by atoms with E-state index in [1.54, 1.807) is 19.4 Å². The maximum atomic E-state index is 12.6. The van der Waals surface area contributed by atoms with Crippen molar-refractivity contribution < 1.29 is 14.3 Å². The van der Waals surface area contributed by atoms with Gasteiger partial charge in [-0.3, -0.25) is 9.78 Å². The predicted octanol–water partition coefficient (Wildman–Crippen LogP) is 5.18. The van der Waals surface area contributed by atoms with Gasteiger partial charge >= 0.3 is 0 Å². The molecule has 0 radical (unpaired) electrons. The van der Waals surface area contributed by atoms with Crippen LogP contribution in [0.4, 0.5) is 17.1 Å². The van der Waals surface area contributed by atoms with Gasteiger partial charge < -0.3 is 20.1 Å². The Labute approximate surface area is 170 Å². The van der Waals surface area contributed by atoms with E-state index < -0.39 is 0 Å². The first-order valence-electron chi connectivity index (χ1n) is 9.39. The van der Waals surface area contributed by atoms with Gasteiger partial charge in [0, 0.05) is 11.9 Å². The van der Waals surface area contributed by atoms with Crippen LogP contribution in [0.5, 0.6) is 11.5 Å². The number of hydrogen-bond acceptors (Lipinski definition) is 5. The van der Waals surface area contributed by atoms with Gasteiger partial charge in [-0.05, 0) is 68.8 Å². The van der Waals surface area contributed by atoms with E-state index in [-0.39, 0.29) is 12.0 Å². The number of anilines is 3. The van der Waals surface area contributed by atoms with Gasteiger partial charge in [0.15, 0.2) is 0 Å². The van der Waals surface area contributed by atoms with E-state index in [1.165, 1.54) is 6.20 Å². The molecule has 0 bridgehead atoms. The largest absolute Gasteiger partial charge is 0.495 e. The normalized spacial score (nSPS) is 10.5. The first kappa shape index (κ1) is 20.2. The molecule has 1 heterocycles. The molecule has 0 unspecified atom stereocenters. The Hall–Kier alpha value is -3.54. The third-order valence-corrected chi connectivity index (χ3v) is 4.12. The summed E-state index contributed by atoms with van der Waals surface area (Å²) in [4.78, 5) is 16.8. The number of benzene rings is 2. The van der Waals surface area contributed by atoms with Crippen molar-refractivity contribution in [3.05, 3.63) is 72.1 Å². The number of pyridine rings is 1. The average Bonchev–Trinajstić information content (AvgIpc) is 2.69. The smallest absolute Gasteiger partial charge is 0.257 e. The lowest BCUT2D eigenvalue weighted by atomic mass is 10.2. The molecule has 0 aliphatic heterocycles. The van der Waals surface area contributed by atoms with Crippen LogP contribution in [-0.4, -0.2) is 24.1 Å². The zero-order chi connectivity index (χ0) is 20.8. The Morgan fingerprint density at radius 3 is 2.45 bits per heavy atom. The van der Waals surface area contributed by atoms with Gasteiger partial charge in [-0.2, -0.15) is 0 Å². The molecule has 1 amide bonds. The molecule has 29 heavy (non-hydrogen) atoms. The summed E-state index contributed by atoms with van der Waals surface area (Å²) in [5, 5.41) is 6.14. The van der Waals surface area contributed by atoms with Crippen molar-refractivity contribution in [2.45, 2.75) is 26.9 Å². The summed E-state index contributed by atoms with van der Waals surface area (Å²) in [6.07, 6.45) is 3.30. The van der Waals surface area contributed by atoms with Crippen molar-refractivity contribution in [2.75, 3.05) is 17.7 Å². The summed E-state index contributed by atoms with van der Waals surface area (Å²) in [7, 11) is 1.62. The number of carbonyl (C=O) groups excluding carboxylic acids is 1. The highest BCUT2D eigenvalue weighted by Crippen LogP contribution is 2.28. The fraction of sp³-hybridized carbons (Fsp3) is 0.217. The highest BCUT2D eigenvalue weighted by atomic mass is 16.5. The van der Waals surface area contributed by atoms with Crippen molar-refractivity contribution >= 4 is 23.0 Å². The summed E-state index contributed by atoms with van der Waals surface area (Å²) < 4.78 is 11.0. The molecular formula is C23H25N3O3. The Morgan fingerprint density at radius 1 is 1.00 bits per heavy atom. The molecule has 0 fully saturated rings. The van der Waals surface area contributed by atoms with Gasteiger partial charge in [-0.1, -0.05) is 6.07 Å². The Bertz CT molecular complexity index is 985. The fourth-order valence-corrected chi connectivity index (χ4v) is 2.80. The monoisotopic (exact) mass is 391 g/mol. The molecule has 3 aromatic rings. The van der Waals surface area contributed by atoms with Crippen LogP contribution >= 0.6 is 0 Å². The van der Waals surface area contributed by atoms with Crippen LogP contribution in [-0.2, 0) is 0 Å². The third kappa shape index (κ3) is 5.48. The Morgan fingerprint density at radius 2 is 1.76 bits per heavy atom. The summed E-state index contributed by atoms with van der Waals surface area (Å²) in [6, 6.07) is 14.9. The minimum atomic E-state index is -0.241. The Balaban J connectivity index is 1.72. The molecule has 3 rings (SSSR count). The first-order valence-corrected chi connectivity index (χ1v) is 9.39. The molecule has 0 aliphatic carbocycles. The van der Waals surface area contributed by atoms with E-state index in [0.717, 1.165) is 17.0 Å². The lowest BCUT2D eigenvalue weighted by Gasteiger charge is -2.13. The summed E-state index contributed by atoms with van der Waals surface area (Å²) in [6.45, 7) is 5.94. The van der Waals surface area contributed by atoms with E-state index in [4.69, 9.17) is 9.47 Å². The number of ether oxygens (including phenoxy) is 2. The van der Waals surface area contributed by atoms with Crippen LogP contribution < -0.4 is 20.1 Å². The van der Waals surface area contributed by atoms with Gasteiger partial charge in [-0.15, -0.1) is 0 Å². The summed E-state index contributed by atoms with van der Waals surface area (Å²) in [5.74, 6) is 1.24. The van der Waals surface area contributed by atoms with E-state index in [0.29, 0.717) is 22.7 Å². The van der Waals surface area contributed by atoms with Crippen LogP contribution in [0.15, 0.2) is 60.9 Å². The van der Waals surface area contributed by atoms with Gasteiger partial charge in [0.2, 0.25) is 0 Å². The average molecular weight is 391 g/mol. The van der Waals surface area contributed by atoms with Crippen LogP contribution in [0.1, 0.15) is 29.8 Å². The number of amides is 1. The number of aromatic nitrogens is 1. The van der Waals surface area contributed by atoms with Crippen LogP contribution in [0.25, 0.3) is 0 Å². The van der Waals surface area contributed by atoms with E-state index in [1.807, 2.05) is 63.2 Å². The highest BCUT2D eigenvalue weighted by molar-refractivity contribution is 6.04. The number of methoxy groups -OCH3 is 1. The molecule has 2 N–H and O–H groups in total. The third-order valence-electron chi connectivity index (χ3n) is 4.12. The number of hydrogen-bond donors (Lipinski definition) is 2.